The number of nitrogens with zero attached hydrogens (tertiary/aromatic N) is 2. The van der Waals surface area contributed by atoms with Gasteiger partial charge in [0.2, 0.25) is 11.8 Å². The number of amides is 1. The third-order valence-corrected chi connectivity index (χ3v) is 4.51. The molecule has 134 valence electrons. The Labute approximate surface area is 146 Å². The van der Waals surface area contributed by atoms with Crippen LogP contribution in [0.5, 0.6) is 5.75 Å². The Morgan fingerprint density at radius 1 is 1.44 bits per heavy atom. The standard InChI is InChI=1S/C18H24N4O3/c1-3-24-15-8-5-4-7-13(15)14(20-12(2)23)11-16-21-17(22-25-16)18(19)9-6-10-18/h4-5,7-8,14H,3,6,9-11,19H2,1-2H3,(H,20,23). The van der Waals surface area contributed by atoms with Gasteiger partial charge in [0.05, 0.1) is 24.6 Å². The van der Waals surface area contributed by atoms with Gasteiger partial charge in [-0.15, -0.1) is 0 Å². The van der Waals surface area contributed by atoms with E-state index >= 15 is 0 Å². The zero-order chi connectivity index (χ0) is 17.9. The topological polar surface area (TPSA) is 103 Å². The summed E-state index contributed by atoms with van der Waals surface area (Å²) >= 11 is 0. The average Bonchev–Trinajstić information content (AvgIpc) is 3.01. The van der Waals surface area contributed by atoms with Crippen molar-refractivity contribution in [2.75, 3.05) is 6.61 Å². The second-order valence-corrected chi connectivity index (χ2v) is 6.45. The molecule has 1 amide bonds. The third-order valence-electron chi connectivity index (χ3n) is 4.51. The second kappa shape index (κ2) is 7.23. The molecule has 25 heavy (non-hydrogen) atoms. The van der Waals surface area contributed by atoms with Crippen molar-refractivity contribution in [3.63, 3.8) is 0 Å². The Morgan fingerprint density at radius 2 is 2.20 bits per heavy atom. The van der Waals surface area contributed by atoms with E-state index in [9.17, 15) is 4.79 Å². The van der Waals surface area contributed by atoms with Gasteiger partial charge in [0.15, 0.2) is 5.82 Å². The summed E-state index contributed by atoms with van der Waals surface area (Å²) in [6, 6.07) is 7.31. The molecule has 0 bridgehead atoms. The first-order valence-corrected chi connectivity index (χ1v) is 8.62. The number of carbonyl (C=O) groups is 1. The van der Waals surface area contributed by atoms with E-state index in [1.807, 2.05) is 31.2 Å². The van der Waals surface area contributed by atoms with E-state index in [-0.39, 0.29) is 11.9 Å². The van der Waals surface area contributed by atoms with Gasteiger partial charge in [0, 0.05) is 12.5 Å². The van der Waals surface area contributed by atoms with E-state index in [1.54, 1.807) is 0 Å². The Hall–Kier alpha value is -2.41. The predicted octanol–water partition coefficient (Wildman–Crippen LogP) is 2.23. The van der Waals surface area contributed by atoms with E-state index in [1.165, 1.54) is 6.92 Å². The Bertz CT molecular complexity index is 739. The number of carbonyl (C=O) groups excluding carboxylic acids is 1. The van der Waals surface area contributed by atoms with Crippen molar-refractivity contribution in [2.45, 2.75) is 51.1 Å². The van der Waals surface area contributed by atoms with Crippen molar-refractivity contribution in [2.24, 2.45) is 5.73 Å². The van der Waals surface area contributed by atoms with Gasteiger partial charge in [-0.05, 0) is 32.3 Å². The summed E-state index contributed by atoms with van der Waals surface area (Å²) < 4.78 is 11.1. The van der Waals surface area contributed by atoms with Crippen molar-refractivity contribution in [1.29, 1.82) is 0 Å². The van der Waals surface area contributed by atoms with Crippen LogP contribution in [0.2, 0.25) is 0 Å². The predicted molar refractivity (Wildman–Crippen MR) is 91.9 cm³/mol. The van der Waals surface area contributed by atoms with Crippen LogP contribution in [0.25, 0.3) is 0 Å². The lowest BCUT2D eigenvalue weighted by Crippen LogP contribution is -2.44. The molecule has 7 heteroatoms. The van der Waals surface area contributed by atoms with Gasteiger partial charge in [-0.25, -0.2) is 0 Å². The SMILES string of the molecule is CCOc1ccccc1C(Cc1nc(C2(N)CCC2)no1)NC(C)=O. The summed E-state index contributed by atoms with van der Waals surface area (Å²) in [6.07, 6.45) is 3.20. The molecule has 0 radical (unpaired) electrons. The molecule has 2 aromatic rings. The number of para-hydroxylation sites is 1. The van der Waals surface area contributed by atoms with E-state index in [4.69, 9.17) is 15.0 Å². The summed E-state index contributed by atoms with van der Waals surface area (Å²) in [5.74, 6) is 1.60. The number of nitrogens with two attached hydrogens (primary N) is 1. The molecule has 3 rings (SSSR count). The number of rotatable bonds is 7. The summed E-state index contributed by atoms with van der Waals surface area (Å²) in [5, 5.41) is 6.98. The summed E-state index contributed by atoms with van der Waals surface area (Å²) in [6.45, 7) is 3.96. The van der Waals surface area contributed by atoms with Gasteiger partial charge >= 0.3 is 0 Å². The van der Waals surface area contributed by atoms with E-state index in [0.29, 0.717) is 24.7 Å². The molecule has 1 aromatic heterocycles. The molecule has 1 aromatic carbocycles. The Morgan fingerprint density at radius 3 is 2.84 bits per heavy atom. The highest BCUT2D eigenvalue weighted by molar-refractivity contribution is 5.73. The lowest BCUT2D eigenvalue weighted by Gasteiger charge is -2.34. The minimum Gasteiger partial charge on any atom is -0.494 e. The summed E-state index contributed by atoms with van der Waals surface area (Å²) in [5.41, 5.74) is 6.67. The van der Waals surface area contributed by atoms with Crippen LogP contribution in [-0.2, 0) is 16.8 Å². The second-order valence-electron chi connectivity index (χ2n) is 6.45. The molecule has 1 unspecified atom stereocenters. The summed E-state index contributed by atoms with van der Waals surface area (Å²) in [4.78, 5) is 16.1. The number of hydrogen-bond donors (Lipinski definition) is 2. The maximum Gasteiger partial charge on any atom is 0.229 e. The highest BCUT2D eigenvalue weighted by atomic mass is 16.5. The fraction of sp³-hybridized carbons (Fsp3) is 0.500. The zero-order valence-electron chi connectivity index (χ0n) is 14.6. The van der Waals surface area contributed by atoms with Gasteiger partial charge in [-0.1, -0.05) is 23.4 Å². The van der Waals surface area contributed by atoms with Crippen molar-refractivity contribution in [3.05, 3.63) is 41.5 Å². The Balaban J connectivity index is 1.83. The smallest absolute Gasteiger partial charge is 0.229 e. The van der Waals surface area contributed by atoms with E-state index < -0.39 is 5.54 Å². The molecular formula is C18H24N4O3. The number of aromatic nitrogens is 2. The molecule has 0 aliphatic heterocycles. The quantitative estimate of drug-likeness (QED) is 0.798. The van der Waals surface area contributed by atoms with Crippen LogP contribution in [0.3, 0.4) is 0 Å². The van der Waals surface area contributed by atoms with Gasteiger partial charge < -0.3 is 20.3 Å². The van der Waals surface area contributed by atoms with Crippen LogP contribution < -0.4 is 15.8 Å². The minimum absolute atomic E-state index is 0.134. The molecule has 3 N–H and O–H groups in total. The molecule has 1 saturated carbocycles. The first kappa shape index (κ1) is 17.4. The van der Waals surface area contributed by atoms with Crippen LogP contribution in [0.15, 0.2) is 28.8 Å². The summed E-state index contributed by atoms with van der Waals surface area (Å²) in [7, 11) is 0. The molecule has 1 aliphatic rings. The molecule has 1 heterocycles. The van der Waals surface area contributed by atoms with Crippen LogP contribution in [0.1, 0.15) is 56.4 Å². The minimum atomic E-state index is -0.464. The monoisotopic (exact) mass is 344 g/mol. The first-order chi connectivity index (χ1) is 12.0. The molecule has 0 spiro atoms. The highest BCUT2D eigenvalue weighted by Crippen LogP contribution is 2.37. The maximum atomic E-state index is 11.7. The fourth-order valence-electron chi connectivity index (χ4n) is 3.04. The highest BCUT2D eigenvalue weighted by Gasteiger charge is 2.39. The van der Waals surface area contributed by atoms with Crippen LogP contribution >= 0.6 is 0 Å². The third kappa shape index (κ3) is 3.82. The molecule has 0 saturated heterocycles. The van der Waals surface area contributed by atoms with Gasteiger partial charge in [0.25, 0.3) is 0 Å². The lowest BCUT2D eigenvalue weighted by atomic mass is 9.77. The molecule has 1 atom stereocenters. The number of ether oxygens (including phenoxy) is 1. The van der Waals surface area contributed by atoms with Crippen LogP contribution in [-0.4, -0.2) is 22.7 Å². The molecule has 1 fully saturated rings. The first-order valence-electron chi connectivity index (χ1n) is 8.62. The number of hydrogen-bond acceptors (Lipinski definition) is 6. The van der Waals surface area contributed by atoms with Crippen molar-refractivity contribution < 1.29 is 14.1 Å². The van der Waals surface area contributed by atoms with Crippen molar-refractivity contribution in [3.8, 4) is 5.75 Å². The fourth-order valence-corrected chi connectivity index (χ4v) is 3.04. The number of nitrogens with one attached hydrogen (secondary N) is 1. The molecule has 1 aliphatic carbocycles. The van der Waals surface area contributed by atoms with Gasteiger partial charge in [-0.2, -0.15) is 4.98 Å². The van der Waals surface area contributed by atoms with Crippen LogP contribution in [0.4, 0.5) is 0 Å². The molecular weight excluding hydrogens is 320 g/mol. The normalized spacial score (nSPS) is 16.8. The van der Waals surface area contributed by atoms with Gasteiger partial charge in [-0.3, -0.25) is 4.79 Å². The average molecular weight is 344 g/mol. The Kier molecular flexibility index (Phi) is 5.03. The van der Waals surface area contributed by atoms with Gasteiger partial charge in [0.1, 0.15) is 5.75 Å². The van der Waals surface area contributed by atoms with Crippen molar-refractivity contribution >= 4 is 5.91 Å². The largest absolute Gasteiger partial charge is 0.494 e. The van der Waals surface area contributed by atoms with Crippen LogP contribution in [0, 0.1) is 0 Å². The van der Waals surface area contributed by atoms with E-state index in [0.717, 1.165) is 30.6 Å². The van der Waals surface area contributed by atoms with Crippen molar-refractivity contribution in [1.82, 2.24) is 15.5 Å². The number of benzene rings is 1. The lowest BCUT2D eigenvalue weighted by molar-refractivity contribution is -0.119. The maximum absolute atomic E-state index is 11.7. The zero-order valence-corrected chi connectivity index (χ0v) is 14.6. The van der Waals surface area contributed by atoms with E-state index in [2.05, 4.69) is 15.5 Å². The molecule has 7 nitrogen and oxygen atoms in total.